The van der Waals surface area contributed by atoms with Gasteiger partial charge >= 0.3 is 5.63 Å². The number of para-hydroxylation sites is 1. The van der Waals surface area contributed by atoms with Crippen LogP contribution in [0.3, 0.4) is 0 Å². The smallest absolute Gasteiger partial charge is 0.349 e. The maximum atomic E-state index is 13.0. The van der Waals surface area contributed by atoms with Gasteiger partial charge in [-0.15, -0.1) is 0 Å². The van der Waals surface area contributed by atoms with Gasteiger partial charge in [0.25, 0.3) is 5.91 Å². The molecule has 0 spiro atoms. The van der Waals surface area contributed by atoms with Crippen molar-refractivity contribution in [3.8, 4) is 0 Å². The molecule has 0 saturated heterocycles. The Morgan fingerprint density at radius 3 is 2.68 bits per heavy atom. The van der Waals surface area contributed by atoms with E-state index < -0.39 is 5.63 Å². The van der Waals surface area contributed by atoms with Crippen molar-refractivity contribution in [2.45, 2.75) is 25.4 Å². The minimum atomic E-state index is -0.580. The molecular weight excluding hydrogens is 382 g/mol. The topological polar surface area (TPSA) is 50.5 Å². The third-order valence-corrected chi connectivity index (χ3v) is 4.86. The fourth-order valence-corrected chi connectivity index (χ4v) is 3.40. The van der Waals surface area contributed by atoms with Gasteiger partial charge in [0, 0.05) is 22.4 Å². The van der Waals surface area contributed by atoms with Crippen molar-refractivity contribution in [3.63, 3.8) is 0 Å². The van der Waals surface area contributed by atoms with E-state index in [9.17, 15) is 9.59 Å². The number of halogens is 1. The molecule has 4 nitrogen and oxygen atoms in total. The summed E-state index contributed by atoms with van der Waals surface area (Å²) in [6, 6.07) is 16.9. The molecule has 0 N–H and O–H groups in total. The summed E-state index contributed by atoms with van der Waals surface area (Å²) in [6.07, 6.45) is 1.94. The fraction of sp³-hybridized carbons (Fsp3) is 0.200. The molecule has 1 heterocycles. The molecule has 1 aromatic heterocycles. The number of carbonyl (C=O) groups is 1. The summed E-state index contributed by atoms with van der Waals surface area (Å²) in [7, 11) is 0. The predicted molar refractivity (Wildman–Crippen MR) is 99.5 cm³/mol. The molecule has 1 aliphatic carbocycles. The van der Waals surface area contributed by atoms with Gasteiger partial charge in [0.1, 0.15) is 11.1 Å². The van der Waals surface area contributed by atoms with Crippen LogP contribution in [0.4, 0.5) is 0 Å². The molecule has 0 atom stereocenters. The van der Waals surface area contributed by atoms with Crippen molar-refractivity contribution in [1.29, 1.82) is 0 Å². The largest absolute Gasteiger partial charge is 0.422 e. The number of fused-ring (bicyclic) bond motifs is 1. The number of nitrogens with zero attached hydrogens (tertiary/aromatic N) is 1. The number of rotatable bonds is 4. The lowest BCUT2D eigenvalue weighted by Crippen LogP contribution is -2.35. The Labute approximate surface area is 153 Å². The summed E-state index contributed by atoms with van der Waals surface area (Å²) in [5, 5.41) is 0.753. The molecule has 4 rings (SSSR count). The summed E-state index contributed by atoms with van der Waals surface area (Å²) in [6.45, 7) is 0.481. The van der Waals surface area contributed by atoms with Gasteiger partial charge in [-0.1, -0.05) is 46.3 Å². The minimum Gasteiger partial charge on any atom is -0.422 e. The second-order valence-electron chi connectivity index (χ2n) is 6.28. The second kappa shape index (κ2) is 6.48. The molecule has 3 aromatic rings. The van der Waals surface area contributed by atoms with Crippen molar-refractivity contribution in [3.05, 3.63) is 80.6 Å². The third-order valence-electron chi connectivity index (χ3n) is 4.36. The van der Waals surface area contributed by atoms with Gasteiger partial charge in [0.2, 0.25) is 0 Å². The fourth-order valence-electron chi connectivity index (χ4n) is 2.95. The SMILES string of the molecule is O=C(c1cc2ccccc2oc1=O)N(Cc1cccc(Br)c1)C1CC1. The number of hydrogen-bond acceptors (Lipinski definition) is 3. The molecule has 1 saturated carbocycles. The zero-order chi connectivity index (χ0) is 17.4. The van der Waals surface area contributed by atoms with Crippen LogP contribution in [-0.4, -0.2) is 16.8 Å². The molecule has 0 bridgehead atoms. The van der Waals surface area contributed by atoms with E-state index in [1.54, 1.807) is 23.1 Å². The zero-order valence-electron chi connectivity index (χ0n) is 13.4. The average molecular weight is 398 g/mol. The summed E-state index contributed by atoms with van der Waals surface area (Å²) < 4.78 is 6.29. The van der Waals surface area contributed by atoms with Crippen molar-refractivity contribution in [2.75, 3.05) is 0 Å². The molecule has 126 valence electrons. The van der Waals surface area contributed by atoms with Crippen LogP contribution in [0.15, 0.2) is 68.3 Å². The van der Waals surface area contributed by atoms with Gasteiger partial charge in [-0.2, -0.15) is 0 Å². The van der Waals surface area contributed by atoms with Crippen LogP contribution in [0.2, 0.25) is 0 Å². The van der Waals surface area contributed by atoms with Crippen LogP contribution in [0.25, 0.3) is 11.0 Å². The molecular formula is C20H16BrNO3. The number of hydrogen-bond donors (Lipinski definition) is 0. The van der Waals surface area contributed by atoms with Gasteiger partial charge in [0.05, 0.1) is 0 Å². The van der Waals surface area contributed by atoms with Gasteiger partial charge < -0.3 is 9.32 Å². The summed E-state index contributed by atoms with van der Waals surface area (Å²) in [5.41, 5.74) is 1.04. The standard InChI is InChI=1S/C20H16BrNO3/c21-15-6-3-4-13(10-15)12-22(16-8-9-16)19(23)17-11-14-5-1-2-7-18(14)25-20(17)24/h1-7,10-11,16H,8-9,12H2. The monoisotopic (exact) mass is 397 g/mol. The number of benzene rings is 2. The molecule has 1 aliphatic rings. The highest BCUT2D eigenvalue weighted by Crippen LogP contribution is 2.30. The first-order valence-electron chi connectivity index (χ1n) is 8.20. The number of amides is 1. The maximum Gasteiger partial charge on any atom is 0.349 e. The molecule has 0 radical (unpaired) electrons. The highest BCUT2D eigenvalue weighted by atomic mass is 79.9. The Balaban J connectivity index is 1.69. The van der Waals surface area contributed by atoms with Gasteiger partial charge in [-0.05, 0) is 42.7 Å². The molecule has 2 aromatic carbocycles. The first-order valence-corrected chi connectivity index (χ1v) is 8.99. The lowest BCUT2D eigenvalue weighted by Gasteiger charge is -2.22. The van der Waals surface area contributed by atoms with E-state index in [0.717, 1.165) is 28.3 Å². The second-order valence-corrected chi connectivity index (χ2v) is 7.20. The quantitative estimate of drug-likeness (QED) is 0.614. The van der Waals surface area contributed by atoms with E-state index in [1.165, 1.54) is 0 Å². The Hall–Kier alpha value is -2.40. The van der Waals surface area contributed by atoms with E-state index >= 15 is 0 Å². The van der Waals surface area contributed by atoms with Crippen LogP contribution >= 0.6 is 15.9 Å². The maximum absolute atomic E-state index is 13.0. The third kappa shape index (κ3) is 3.37. The molecule has 0 unspecified atom stereocenters. The van der Waals surface area contributed by atoms with Crippen LogP contribution < -0.4 is 5.63 Å². The average Bonchev–Trinajstić information content (AvgIpc) is 3.43. The van der Waals surface area contributed by atoms with E-state index in [1.807, 2.05) is 36.4 Å². The molecule has 5 heteroatoms. The van der Waals surface area contributed by atoms with Gasteiger partial charge in [-0.3, -0.25) is 4.79 Å². The van der Waals surface area contributed by atoms with Crippen LogP contribution in [0.1, 0.15) is 28.8 Å². The lowest BCUT2D eigenvalue weighted by atomic mass is 10.1. The normalized spacial score (nSPS) is 13.8. The minimum absolute atomic E-state index is 0.0978. The Bertz CT molecular complexity index is 1010. The summed E-state index contributed by atoms with van der Waals surface area (Å²) in [5.74, 6) is -0.262. The van der Waals surface area contributed by atoms with E-state index in [4.69, 9.17) is 4.42 Å². The Kier molecular flexibility index (Phi) is 4.17. The summed E-state index contributed by atoms with van der Waals surface area (Å²) >= 11 is 3.46. The molecule has 1 fully saturated rings. The van der Waals surface area contributed by atoms with Crippen molar-refractivity contribution >= 4 is 32.8 Å². The predicted octanol–water partition coefficient (Wildman–Crippen LogP) is 4.36. The first kappa shape index (κ1) is 16.1. The summed E-state index contributed by atoms with van der Waals surface area (Å²) in [4.78, 5) is 27.1. The van der Waals surface area contributed by atoms with Crippen LogP contribution in [0.5, 0.6) is 0 Å². The highest BCUT2D eigenvalue weighted by molar-refractivity contribution is 9.10. The van der Waals surface area contributed by atoms with E-state index in [2.05, 4.69) is 15.9 Å². The van der Waals surface area contributed by atoms with Crippen molar-refractivity contribution in [2.24, 2.45) is 0 Å². The zero-order valence-corrected chi connectivity index (χ0v) is 15.0. The van der Waals surface area contributed by atoms with E-state index in [0.29, 0.717) is 12.1 Å². The first-order chi connectivity index (χ1) is 12.1. The van der Waals surface area contributed by atoms with E-state index in [-0.39, 0.29) is 17.5 Å². The van der Waals surface area contributed by atoms with Crippen molar-refractivity contribution < 1.29 is 9.21 Å². The Morgan fingerprint density at radius 1 is 1.12 bits per heavy atom. The van der Waals surface area contributed by atoms with Crippen LogP contribution in [0, 0.1) is 0 Å². The number of carbonyl (C=O) groups excluding carboxylic acids is 1. The molecule has 1 amide bonds. The highest BCUT2D eigenvalue weighted by Gasteiger charge is 2.34. The van der Waals surface area contributed by atoms with Gasteiger partial charge in [0.15, 0.2) is 0 Å². The Morgan fingerprint density at radius 2 is 1.92 bits per heavy atom. The van der Waals surface area contributed by atoms with Crippen molar-refractivity contribution in [1.82, 2.24) is 4.90 Å². The van der Waals surface area contributed by atoms with Gasteiger partial charge in [-0.25, -0.2) is 4.79 Å². The van der Waals surface area contributed by atoms with Crippen LogP contribution in [-0.2, 0) is 6.54 Å². The molecule has 0 aliphatic heterocycles. The lowest BCUT2D eigenvalue weighted by molar-refractivity contribution is 0.0726. The molecule has 25 heavy (non-hydrogen) atoms.